The molecule has 1 aliphatic rings. The third-order valence-electron chi connectivity index (χ3n) is 3.52. The molecule has 0 unspecified atom stereocenters. The topological polar surface area (TPSA) is 96.2 Å². The zero-order valence-electron chi connectivity index (χ0n) is 11.2. The molecule has 9 heteroatoms. The van der Waals surface area contributed by atoms with Crippen LogP contribution < -0.4 is 10.6 Å². The number of carbonyl (C=O) groups excluding carboxylic acids is 1. The molecule has 1 amide bonds. The summed E-state index contributed by atoms with van der Waals surface area (Å²) >= 11 is 0. The van der Waals surface area contributed by atoms with Crippen LogP contribution in [0.5, 0.6) is 0 Å². The summed E-state index contributed by atoms with van der Waals surface area (Å²) in [5, 5.41) is 17.5. The molecule has 3 N–H and O–H groups in total. The Morgan fingerprint density at radius 3 is 2.86 bits per heavy atom. The van der Waals surface area contributed by atoms with Gasteiger partial charge in [-0.05, 0) is 12.1 Å². The van der Waals surface area contributed by atoms with Gasteiger partial charge in [0.25, 0.3) is 0 Å². The molecule has 1 saturated heterocycles. The average Bonchev–Trinajstić information content (AvgIpc) is 3.08. The molecule has 3 rings (SSSR count). The normalized spacial score (nSPS) is 21.2. The minimum absolute atomic E-state index is 0.0250. The standard InChI is InChI=1S/C13H12F2N4O3/c14-6-3-9(16-4-6)12(20)18-8-1-2-10-7(11(8)15)5-17-19(10)13(21)22/h1-2,5-6,9,16H,3-4H2,(H,18,20)(H,21,22)/t6-,9-/m1/s1. The van der Waals surface area contributed by atoms with Crippen LogP contribution in [-0.2, 0) is 4.79 Å². The van der Waals surface area contributed by atoms with E-state index in [1.165, 1.54) is 12.1 Å². The highest BCUT2D eigenvalue weighted by atomic mass is 19.1. The van der Waals surface area contributed by atoms with Gasteiger partial charge in [-0.25, -0.2) is 13.6 Å². The number of hydrogen-bond acceptors (Lipinski definition) is 4. The van der Waals surface area contributed by atoms with Crippen molar-refractivity contribution in [3.05, 3.63) is 24.1 Å². The molecule has 0 saturated carbocycles. The fourth-order valence-electron chi connectivity index (χ4n) is 2.43. The van der Waals surface area contributed by atoms with E-state index in [2.05, 4.69) is 15.7 Å². The highest BCUT2D eigenvalue weighted by Gasteiger charge is 2.29. The molecule has 0 bridgehead atoms. The van der Waals surface area contributed by atoms with E-state index in [1.807, 2.05) is 0 Å². The number of nitrogens with one attached hydrogen (secondary N) is 2. The number of fused-ring (bicyclic) bond motifs is 1. The summed E-state index contributed by atoms with van der Waals surface area (Å²) in [4.78, 5) is 22.9. The Bertz CT molecular complexity index is 761. The highest BCUT2D eigenvalue weighted by Crippen LogP contribution is 2.25. The molecule has 116 valence electrons. The van der Waals surface area contributed by atoms with Crippen LogP contribution in [0.3, 0.4) is 0 Å². The van der Waals surface area contributed by atoms with Crippen molar-refractivity contribution in [2.75, 3.05) is 11.9 Å². The lowest BCUT2D eigenvalue weighted by Crippen LogP contribution is -2.35. The summed E-state index contributed by atoms with van der Waals surface area (Å²) in [5.74, 6) is -1.32. The number of carbonyl (C=O) groups is 2. The van der Waals surface area contributed by atoms with Gasteiger partial charge in [0.1, 0.15) is 6.17 Å². The molecule has 1 aromatic heterocycles. The van der Waals surface area contributed by atoms with Crippen molar-refractivity contribution in [1.29, 1.82) is 0 Å². The van der Waals surface area contributed by atoms with E-state index >= 15 is 0 Å². The Morgan fingerprint density at radius 1 is 1.45 bits per heavy atom. The Balaban J connectivity index is 1.87. The van der Waals surface area contributed by atoms with Gasteiger partial charge in [0.05, 0.1) is 28.8 Å². The summed E-state index contributed by atoms with van der Waals surface area (Å²) in [6.45, 7) is 0.0883. The summed E-state index contributed by atoms with van der Waals surface area (Å²) in [6, 6.07) is 1.88. The van der Waals surface area contributed by atoms with Crippen LogP contribution in [0.25, 0.3) is 10.9 Å². The minimum atomic E-state index is -1.34. The highest BCUT2D eigenvalue weighted by molar-refractivity contribution is 5.98. The van der Waals surface area contributed by atoms with Gasteiger partial charge in [0.15, 0.2) is 5.82 Å². The van der Waals surface area contributed by atoms with E-state index in [1.54, 1.807) is 0 Å². The third kappa shape index (κ3) is 2.39. The number of nitrogens with zero attached hydrogens (tertiary/aromatic N) is 2. The van der Waals surface area contributed by atoms with Crippen molar-refractivity contribution in [2.45, 2.75) is 18.6 Å². The quantitative estimate of drug-likeness (QED) is 0.778. The molecule has 2 aromatic rings. The number of hydrogen-bond donors (Lipinski definition) is 3. The largest absolute Gasteiger partial charge is 0.463 e. The van der Waals surface area contributed by atoms with Gasteiger partial charge in [-0.15, -0.1) is 0 Å². The molecular formula is C13H12F2N4O3. The minimum Gasteiger partial charge on any atom is -0.463 e. The van der Waals surface area contributed by atoms with Gasteiger partial charge < -0.3 is 15.7 Å². The number of aromatic nitrogens is 2. The van der Waals surface area contributed by atoms with Crippen molar-refractivity contribution < 1.29 is 23.5 Å². The lowest BCUT2D eigenvalue weighted by atomic mass is 10.2. The maximum atomic E-state index is 14.3. The zero-order valence-corrected chi connectivity index (χ0v) is 11.2. The number of anilines is 1. The molecule has 7 nitrogen and oxygen atoms in total. The second-order valence-electron chi connectivity index (χ2n) is 4.98. The lowest BCUT2D eigenvalue weighted by Gasteiger charge is -2.11. The first-order valence-corrected chi connectivity index (χ1v) is 6.55. The fraction of sp³-hybridized carbons (Fsp3) is 0.308. The van der Waals surface area contributed by atoms with E-state index in [0.29, 0.717) is 4.68 Å². The maximum absolute atomic E-state index is 14.3. The van der Waals surface area contributed by atoms with Crippen LogP contribution >= 0.6 is 0 Å². The van der Waals surface area contributed by atoms with Crippen LogP contribution in [0.15, 0.2) is 18.3 Å². The molecular weight excluding hydrogens is 298 g/mol. The number of halogens is 2. The number of amides is 1. The molecule has 2 atom stereocenters. The van der Waals surface area contributed by atoms with Crippen molar-refractivity contribution in [3.63, 3.8) is 0 Å². The van der Waals surface area contributed by atoms with Gasteiger partial charge in [-0.2, -0.15) is 9.78 Å². The van der Waals surface area contributed by atoms with E-state index in [4.69, 9.17) is 5.11 Å². The molecule has 2 heterocycles. The summed E-state index contributed by atoms with van der Waals surface area (Å²) < 4.78 is 28.0. The van der Waals surface area contributed by atoms with Crippen LogP contribution in [0.4, 0.5) is 19.3 Å². The molecule has 1 aromatic carbocycles. The zero-order chi connectivity index (χ0) is 15.9. The third-order valence-corrected chi connectivity index (χ3v) is 3.52. The molecule has 0 spiro atoms. The van der Waals surface area contributed by atoms with Crippen LogP contribution in [-0.4, -0.2) is 45.6 Å². The maximum Gasteiger partial charge on any atom is 0.432 e. The molecule has 1 aliphatic heterocycles. The number of rotatable bonds is 2. The van der Waals surface area contributed by atoms with E-state index in [9.17, 15) is 18.4 Å². The first-order valence-electron chi connectivity index (χ1n) is 6.55. The Labute approximate surface area is 122 Å². The van der Waals surface area contributed by atoms with E-state index < -0.39 is 30.0 Å². The van der Waals surface area contributed by atoms with Crippen molar-refractivity contribution in [1.82, 2.24) is 15.1 Å². The Hall–Kier alpha value is -2.55. The van der Waals surface area contributed by atoms with E-state index in [-0.39, 0.29) is 29.6 Å². The second kappa shape index (κ2) is 5.34. The molecule has 22 heavy (non-hydrogen) atoms. The van der Waals surface area contributed by atoms with E-state index in [0.717, 1.165) is 6.20 Å². The van der Waals surface area contributed by atoms with Crippen molar-refractivity contribution in [2.24, 2.45) is 0 Å². The summed E-state index contributed by atoms with van der Waals surface area (Å²) in [7, 11) is 0. The van der Waals surface area contributed by atoms with Crippen LogP contribution in [0.1, 0.15) is 6.42 Å². The van der Waals surface area contributed by atoms with Gasteiger partial charge in [0, 0.05) is 13.0 Å². The number of carboxylic acid groups (broad SMARTS) is 1. The van der Waals surface area contributed by atoms with Gasteiger partial charge in [-0.1, -0.05) is 0 Å². The SMILES string of the molecule is O=C(Nc1ccc2c(cnn2C(=O)O)c1F)[C@H]1C[C@@H](F)CN1. The number of benzene rings is 1. The van der Waals surface area contributed by atoms with Crippen molar-refractivity contribution in [3.8, 4) is 0 Å². The lowest BCUT2D eigenvalue weighted by molar-refractivity contribution is -0.117. The first-order chi connectivity index (χ1) is 10.5. The fourth-order valence-corrected chi connectivity index (χ4v) is 2.43. The number of alkyl halides is 1. The van der Waals surface area contributed by atoms with Gasteiger partial charge in [-0.3, -0.25) is 4.79 Å². The smallest absolute Gasteiger partial charge is 0.432 e. The monoisotopic (exact) mass is 310 g/mol. The Kier molecular flexibility index (Phi) is 3.49. The van der Waals surface area contributed by atoms with Crippen LogP contribution in [0.2, 0.25) is 0 Å². The predicted octanol–water partition coefficient (Wildman–Crippen LogP) is 1.34. The Morgan fingerprint density at radius 2 is 2.23 bits per heavy atom. The van der Waals surface area contributed by atoms with Crippen LogP contribution in [0, 0.1) is 5.82 Å². The average molecular weight is 310 g/mol. The molecule has 1 fully saturated rings. The van der Waals surface area contributed by atoms with Gasteiger partial charge >= 0.3 is 6.09 Å². The molecule has 0 radical (unpaired) electrons. The van der Waals surface area contributed by atoms with Gasteiger partial charge in [0.2, 0.25) is 5.91 Å². The predicted molar refractivity (Wildman–Crippen MR) is 73.0 cm³/mol. The summed E-state index contributed by atoms with van der Waals surface area (Å²) in [5.41, 5.74) is -0.0302. The summed E-state index contributed by atoms with van der Waals surface area (Å²) in [6.07, 6.45) is -1.33. The second-order valence-corrected chi connectivity index (χ2v) is 4.98. The molecule has 0 aliphatic carbocycles. The van der Waals surface area contributed by atoms with Crippen molar-refractivity contribution >= 4 is 28.6 Å². The first kappa shape index (κ1) is 14.4.